The summed E-state index contributed by atoms with van der Waals surface area (Å²) in [4.78, 5) is 2.39. The van der Waals surface area contributed by atoms with E-state index in [1.807, 2.05) is 13.0 Å². The number of hydrogen-bond donors (Lipinski definition) is 1. The van der Waals surface area contributed by atoms with Gasteiger partial charge in [-0.3, -0.25) is 0 Å². The van der Waals surface area contributed by atoms with Gasteiger partial charge in [0.15, 0.2) is 0 Å². The molecule has 0 saturated heterocycles. The van der Waals surface area contributed by atoms with Crippen molar-refractivity contribution in [2.24, 2.45) is 0 Å². The lowest BCUT2D eigenvalue weighted by Gasteiger charge is -1.90. The zero-order valence-corrected chi connectivity index (χ0v) is 10.3. The Balaban J connectivity index is 2.07. The lowest BCUT2D eigenvalue weighted by molar-refractivity contribution is 0.449. The van der Waals surface area contributed by atoms with Crippen LogP contribution in [0.15, 0.2) is 22.0 Å². The molecule has 0 bridgehead atoms. The molecule has 2 N–H and O–H groups in total. The van der Waals surface area contributed by atoms with Crippen LogP contribution in [0.25, 0.3) is 10.3 Å². The van der Waals surface area contributed by atoms with E-state index in [1.54, 1.807) is 22.7 Å². The molecule has 0 radical (unpaired) electrons. The lowest BCUT2D eigenvalue weighted by Crippen LogP contribution is -1.83. The summed E-state index contributed by atoms with van der Waals surface area (Å²) in [5.74, 6) is 0. The molecule has 0 aromatic carbocycles. The van der Waals surface area contributed by atoms with Crippen LogP contribution in [0, 0.1) is 6.92 Å². The van der Waals surface area contributed by atoms with Crippen LogP contribution < -0.4 is 5.73 Å². The number of aromatic nitrogens is 1. The van der Waals surface area contributed by atoms with Gasteiger partial charge in [-0.15, -0.1) is 22.7 Å². The van der Waals surface area contributed by atoms with E-state index in [9.17, 15) is 0 Å². The third-order valence-electron chi connectivity index (χ3n) is 2.52. The number of thiophene rings is 2. The molecule has 0 aliphatic rings. The Bertz CT molecular complexity index is 622. The van der Waals surface area contributed by atoms with Gasteiger partial charge in [-0.1, -0.05) is 11.2 Å². The first-order valence-corrected chi connectivity index (χ1v) is 6.61. The maximum atomic E-state index is 5.90. The lowest BCUT2D eigenvalue weighted by atomic mass is 10.2. The van der Waals surface area contributed by atoms with Gasteiger partial charge < -0.3 is 10.3 Å². The van der Waals surface area contributed by atoms with Crippen molar-refractivity contribution in [1.82, 2.24) is 5.16 Å². The number of nitrogens with zero attached hydrogens (tertiary/aromatic N) is 1. The van der Waals surface area contributed by atoms with E-state index >= 15 is 0 Å². The first-order chi connectivity index (χ1) is 7.75. The summed E-state index contributed by atoms with van der Waals surface area (Å²) >= 11 is 3.39. The molecule has 0 saturated carbocycles. The Morgan fingerprint density at radius 3 is 3.12 bits per heavy atom. The Morgan fingerprint density at radius 2 is 2.38 bits per heavy atom. The first kappa shape index (κ1) is 9.86. The average molecular weight is 250 g/mol. The highest BCUT2D eigenvalue weighted by Gasteiger charge is 2.16. The maximum absolute atomic E-state index is 5.90. The van der Waals surface area contributed by atoms with E-state index in [1.165, 1.54) is 4.88 Å². The van der Waals surface area contributed by atoms with Gasteiger partial charge in [0.05, 0.1) is 5.69 Å². The average Bonchev–Trinajstić information content (AvgIpc) is 2.93. The zero-order chi connectivity index (χ0) is 11.1. The summed E-state index contributed by atoms with van der Waals surface area (Å²) in [5.41, 5.74) is 8.36. The molecule has 3 rings (SSSR count). The van der Waals surface area contributed by atoms with Crippen molar-refractivity contribution in [2.75, 3.05) is 5.73 Å². The van der Waals surface area contributed by atoms with Gasteiger partial charge in [0.25, 0.3) is 0 Å². The van der Waals surface area contributed by atoms with Gasteiger partial charge in [-0.05, 0) is 18.4 Å². The van der Waals surface area contributed by atoms with Gasteiger partial charge in [-0.2, -0.15) is 0 Å². The molecule has 0 fully saturated rings. The predicted octanol–water partition coefficient (Wildman–Crippen LogP) is 3.43. The van der Waals surface area contributed by atoms with E-state index < -0.39 is 0 Å². The molecule has 0 aliphatic heterocycles. The minimum Gasteiger partial charge on any atom is -0.395 e. The van der Waals surface area contributed by atoms with Crippen LogP contribution in [0.3, 0.4) is 0 Å². The fraction of sp³-hybridized carbons (Fsp3) is 0.182. The Labute approximate surface area is 100 Å². The molecule has 82 valence electrons. The standard InChI is InChI=1S/C11H10N2OS2/c1-6-9(12)10-11(16-6)8(13-14-10)5-7-3-2-4-15-7/h2-4H,5,12H2,1H3. The van der Waals surface area contributed by atoms with Crippen LogP contribution >= 0.6 is 22.7 Å². The van der Waals surface area contributed by atoms with Crippen molar-refractivity contribution in [3.05, 3.63) is 33.0 Å². The minimum atomic E-state index is 0.727. The Kier molecular flexibility index (Phi) is 2.22. The molecule has 5 heteroatoms. The first-order valence-electron chi connectivity index (χ1n) is 4.91. The van der Waals surface area contributed by atoms with Crippen LogP contribution in [0.1, 0.15) is 15.4 Å². The third-order valence-corrected chi connectivity index (χ3v) is 4.54. The molecule has 0 spiro atoms. The summed E-state index contributed by atoms with van der Waals surface area (Å²) in [5, 5.41) is 6.16. The number of nitrogen functional groups attached to an aromatic ring is 1. The van der Waals surface area contributed by atoms with Gasteiger partial charge in [0, 0.05) is 16.2 Å². The van der Waals surface area contributed by atoms with Gasteiger partial charge in [0.2, 0.25) is 5.58 Å². The van der Waals surface area contributed by atoms with E-state index in [2.05, 4.69) is 16.6 Å². The van der Waals surface area contributed by atoms with Crippen LogP contribution in [0.2, 0.25) is 0 Å². The molecule has 3 heterocycles. The predicted molar refractivity (Wildman–Crippen MR) is 68.2 cm³/mol. The maximum Gasteiger partial charge on any atom is 0.201 e. The smallest absolute Gasteiger partial charge is 0.201 e. The quantitative estimate of drug-likeness (QED) is 0.758. The van der Waals surface area contributed by atoms with Gasteiger partial charge in [0.1, 0.15) is 10.4 Å². The van der Waals surface area contributed by atoms with Gasteiger partial charge >= 0.3 is 0 Å². The summed E-state index contributed by atoms with van der Waals surface area (Å²) in [7, 11) is 0. The molecule has 0 unspecified atom stereocenters. The highest BCUT2D eigenvalue weighted by Crippen LogP contribution is 2.36. The Morgan fingerprint density at radius 1 is 1.50 bits per heavy atom. The summed E-state index contributed by atoms with van der Waals surface area (Å²) in [6.45, 7) is 2.00. The second-order valence-electron chi connectivity index (χ2n) is 3.62. The molecular formula is C11H10N2OS2. The van der Waals surface area contributed by atoms with Crippen LogP contribution in [-0.4, -0.2) is 5.16 Å². The third kappa shape index (κ3) is 1.44. The van der Waals surface area contributed by atoms with Gasteiger partial charge in [-0.25, -0.2) is 0 Å². The minimum absolute atomic E-state index is 0.727. The van der Waals surface area contributed by atoms with E-state index in [0.717, 1.165) is 33.0 Å². The molecular weight excluding hydrogens is 240 g/mol. The molecule has 0 amide bonds. The normalized spacial score (nSPS) is 11.3. The number of nitrogens with two attached hydrogens (primary N) is 1. The second kappa shape index (κ2) is 3.61. The van der Waals surface area contributed by atoms with Crippen molar-refractivity contribution in [2.45, 2.75) is 13.3 Å². The molecule has 0 aliphatic carbocycles. The number of aryl methyl sites for hydroxylation is 1. The fourth-order valence-electron chi connectivity index (χ4n) is 1.65. The second-order valence-corrected chi connectivity index (χ2v) is 5.87. The summed E-state index contributed by atoms with van der Waals surface area (Å²) in [6, 6.07) is 4.15. The SMILES string of the molecule is Cc1sc2c(Cc3cccs3)noc2c1N. The van der Waals surface area contributed by atoms with Crippen LogP contribution in [0.4, 0.5) is 5.69 Å². The highest BCUT2D eigenvalue weighted by molar-refractivity contribution is 7.19. The summed E-state index contributed by atoms with van der Waals surface area (Å²) in [6.07, 6.45) is 0.823. The number of hydrogen-bond acceptors (Lipinski definition) is 5. The van der Waals surface area contributed by atoms with Crippen LogP contribution in [0.5, 0.6) is 0 Å². The van der Waals surface area contributed by atoms with E-state index in [4.69, 9.17) is 10.3 Å². The topological polar surface area (TPSA) is 52.0 Å². The zero-order valence-electron chi connectivity index (χ0n) is 8.69. The molecule has 0 atom stereocenters. The highest BCUT2D eigenvalue weighted by atomic mass is 32.1. The van der Waals surface area contributed by atoms with Crippen LogP contribution in [-0.2, 0) is 6.42 Å². The number of rotatable bonds is 2. The van der Waals surface area contributed by atoms with E-state index in [0.29, 0.717) is 0 Å². The largest absolute Gasteiger partial charge is 0.395 e. The summed E-state index contributed by atoms with van der Waals surface area (Å²) < 4.78 is 6.38. The molecule has 3 nitrogen and oxygen atoms in total. The number of anilines is 1. The van der Waals surface area contributed by atoms with Crippen molar-refractivity contribution in [3.8, 4) is 0 Å². The Hall–Kier alpha value is -1.33. The van der Waals surface area contributed by atoms with Crippen molar-refractivity contribution in [3.63, 3.8) is 0 Å². The van der Waals surface area contributed by atoms with Crippen molar-refractivity contribution in [1.29, 1.82) is 0 Å². The molecule has 16 heavy (non-hydrogen) atoms. The fourth-order valence-corrected chi connectivity index (χ4v) is 3.34. The molecule has 3 aromatic rings. The number of fused-ring (bicyclic) bond motifs is 1. The van der Waals surface area contributed by atoms with E-state index in [-0.39, 0.29) is 0 Å². The van der Waals surface area contributed by atoms with Crippen molar-refractivity contribution >= 4 is 38.6 Å². The van der Waals surface area contributed by atoms with Crippen molar-refractivity contribution < 1.29 is 4.52 Å². The monoisotopic (exact) mass is 250 g/mol. The molecule has 3 aromatic heterocycles.